The third kappa shape index (κ3) is 2.81. The van der Waals surface area contributed by atoms with Crippen molar-refractivity contribution in [2.45, 2.75) is 39.3 Å². The van der Waals surface area contributed by atoms with E-state index in [0.29, 0.717) is 24.3 Å². The van der Waals surface area contributed by atoms with Crippen LogP contribution in [0.1, 0.15) is 42.6 Å². The number of fused-ring (bicyclic) bond motifs is 1. The molecule has 1 aromatic rings. The first-order valence-corrected chi connectivity index (χ1v) is 7.41. The molecule has 3 rings (SSSR count). The highest BCUT2D eigenvalue weighted by molar-refractivity contribution is 6.05. The Balaban J connectivity index is 0.000000847. The number of carbonyl (C=O) groups excluding carboxylic acids is 3. The van der Waals surface area contributed by atoms with Crippen LogP contribution in [0.3, 0.4) is 0 Å². The van der Waals surface area contributed by atoms with Gasteiger partial charge < -0.3 is 9.64 Å². The molecule has 1 N–H and O–H groups in total. The number of amides is 3. The van der Waals surface area contributed by atoms with E-state index in [0.717, 1.165) is 5.56 Å². The molecule has 1 unspecified atom stereocenters. The fourth-order valence-corrected chi connectivity index (χ4v) is 2.66. The van der Waals surface area contributed by atoms with E-state index < -0.39 is 11.9 Å². The normalized spacial score (nSPS) is 20.0. The third-order valence-electron chi connectivity index (χ3n) is 3.74. The van der Waals surface area contributed by atoms with Gasteiger partial charge in [0.2, 0.25) is 11.8 Å². The van der Waals surface area contributed by atoms with Crippen molar-refractivity contribution in [1.29, 1.82) is 0 Å². The topological polar surface area (TPSA) is 75.7 Å². The van der Waals surface area contributed by atoms with E-state index in [1.54, 1.807) is 19.2 Å². The van der Waals surface area contributed by atoms with Gasteiger partial charge in [0.05, 0.1) is 7.11 Å². The molecule has 1 saturated heterocycles. The molecular weight excluding hydrogens is 284 g/mol. The van der Waals surface area contributed by atoms with Crippen LogP contribution in [0.2, 0.25) is 0 Å². The minimum absolute atomic E-state index is 0.187. The van der Waals surface area contributed by atoms with Crippen molar-refractivity contribution in [2.75, 3.05) is 7.11 Å². The molecule has 2 heterocycles. The Labute approximate surface area is 129 Å². The zero-order valence-corrected chi connectivity index (χ0v) is 13.0. The van der Waals surface area contributed by atoms with Gasteiger partial charge >= 0.3 is 0 Å². The smallest absolute Gasteiger partial charge is 0.255 e. The number of ether oxygens (including phenoxy) is 1. The summed E-state index contributed by atoms with van der Waals surface area (Å²) >= 11 is 0. The molecule has 118 valence electrons. The standard InChI is InChI=1S/C14H14N2O4.C2H6/c1-20-9-3-2-8-7-16(14(19)10(8)6-9)11-4-5-12(17)15-13(11)18;1-2/h2-3,6,11H,4-5,7H2,1H3,(H,15,17,18);1-2H3. The number of carbonyl (C=O) groups is 3. The van der Waals surface area contributed by atoms with Gasteiger partial charge in [0, 0.05) is 18.5 Å². The summed E-state index contributed by atoms with van der Waals surface area (Å²) in [5.41, 5.74) is 1.44. The molecule has 0 saturated carbocycles. The molecule has 0 spiro atoms. The van der Waals surface area contributed by atoms with Gasteiger partial charge in [0.15, 0.2) is 0 Å². The van der Waals surface area contributed by atoms with Crippen LogP contribution < -0.4 is 10.1 Å². The van der Waals surface area contributed by atoms with Crippen LogP contribution >= 0.6 is 0 Å². The minimum atomic E-state index is -0.571. The number of imide groups is 1. The first-order valence-electron chi connectivity index (χ1n) is 7.41. The predicted octanol–water partition coefficient (Wildman–Crippen LogP) is 1.48. The van der Waals surface area contributed by atoms with Crippen LogP contribution in [0.15, 0.2) is 18.2 Å². The van der Waals surface area contributed by atoms with Crippen molar-refractivity contribution in [1.82, 2.24) is 10.2 Å². The van der Waals surface area contributed by atoms with Crippen LogP contribution in [0.25, 0.3) is 0 Å². The molecule has 1 fully saturated rings. The van der Waals surface area contributed by atoms with Crippen LogP contribution in [-0.4, -0.2) is 35.8 Å². The van der Waals surface area contributed by atoms with Crippen molar-refractivity contribution in [3.8, 4) is 5.75 Å². The highest BCUT2D eigenvalue weighted by atomic mass is 16.5. The molecule has 2 aliphatic rings. The van der Waals surface area contributed by atoms with E-state index in [4.69, 9.17) is 4.74 Å². The Hall–Kier alpha value is -2.37. The summed E-state index contributed by atoms with van der Waals surface area (Å²) in [6.45, 7) is 4.39. The first-order chi connectivity index (χ1) is 10.6. The van der Waals surface area contributed by atoms with E-state index in [-0.39, 0.29) is 18.2 Å². The number of nitrogens with one attached hydrogen (secondary N) is 1. The lowest BCUT2D eigenvalue weighted by molar-refractivity contribution is -0.136. The quantitative estimate of drug-likeness (QED) is 0.840. The monoisotopic (exact) mass is 304 g/mol. The Kier molecular flexibility index (Phi) is 4.80. The Morgan fingerprint density at radius 3 is 2.59 bits per heavy atom. The van der Waals surface area contributed by atoms with Gasteiger partial charge in [-0.05, 0) is 24.1 Å². The van der Waals surface area contributed by atoms with Crippen molar-refractivity contribution < 1.29 is 19.1 Å². The summed E-state index contributed by atoms with van der Waals surface area (Å²) in [7, 11) is 1.54. The van der Waals surface area contributed by atoms with Gasteiger partial charge in [-0.1, -0.05) is 19.9 Å². The summed E-state index contributed by atoms with van der Waals surface area (Å²) in [4.78, 5) is 36.9. The molecule has 22 heavy (non-hydrogen) atoms. The maximum atomic E-state index is 12.4. The van der Waals surface area contributed by atoms with Crippen LogP contribution in [0.5, 0.6) is 5.75 Å². The van der Waals surface area contributed by atoms with E-state index >= 15 is 0 Å². The van der Waals surface area contributed by atoms with Crippen molar-refractivity contribution >= 4 is 17.7 Å². The molecule has 0 radical (unpaired) electrons. The maximum Gasteiger partial charge on any atom is 0.255 e. The zero-order chi connectivity index (χ0) is 16.3. The Morgan fingerprint density at radius 1 is 1.23 bits per heavy atom. The number of rotatable bonds is 2. The van der Waals surface area contributed by atoms with E-state index in [9.17, 15) is 14.4 Å². The number of hydrogen-bond acceptors (Lipinski definition) is 4. The van der Waals surface area contributed by atoms with Gasteiger partial charge in [-0.2, -0.15) is 0 Å². The summed E-state index contributed by atoms with van der Waals surface area (Å²) < 4.78 is 5.11. The molecule has 0 aliphatic carbocycles. The van der Waals surface area contributed by atoms with E-state index in [1.807, 2.05) is 19.9 Å². The molecule has 6 nitrogen and oxygen atoms in total. The maximum absolute atomic E-state index is 12.4. The summed E-state index contributed by atoms with van der Waals surface area (Å²) in [6, 6.07) is 4.74. The van der Waals surface area contributed by atoms with E-state index in [2.05, 4.69) is 5.32 Å². The van der Waals surface area contributed by atoms with Gasteiger partial charge in [-0.25, -0.2) is 0 Å². The van der Waals surface area contributed by atoms with Crippen LogP contribution in [0, 0.1) is 0 Å². The second kappa shape index (κ2) is 6.60. The number of hydrogen-bond donors (Lipinski definition) is 1. The zero-order valence-electron chi connectivity index (χ0n) is 13.0. The van der Waals surface area contributed by atoms with Gasteiger partial charge in [-0.15, -0.1) is 0 Å². The predicted molar refractivity (Wildman–Crippen MR) is 80.4 cm³/mol. The van der Waals surface area contributed by atoms with Gasteiger partial charge in [0.25, 0.3) is 5.91 Å². The molecule has 1 aromatic carbocycles. The van der Waals surface area contributed by atoms with Crippen molar-refractivity contribution in [3.63, 3.8) is 0 Å². The van der Waals surface area contributed by atoms with Crippen LogP contribution in [-0.2, 0) is 16.1 Å². The fourth-order valence-electron chi connectivity index (χ4n) is 2.66. The molecule has 0 aromatic heterocycles. The molecular formula is C16H20N2O4. The number of benzene rings is 1. The second-order valence-corrected chi connectivity index (χ2v) is 4.92. The minimum Gasteiger partial charge on any atom is -0.497 e. The number of piperidine rings is 1. The second-order valence-electron chi connectivity index (χ2n) is 4.92. The Morgan fingerprint density at radius 2 is 1.95 bits per heavy atom. The summed E-state index contributed by atoms with van der Waals surface area (Å²) in [6.07, 6.45) is 0.640. The third-order valence-corrected chi connectivity index (χ3v) is 3.74. The SMILES string of the molecule is CC.COc1ccc2c(c1)C(=O)N(C1CCC(=O)NC1=O)C2. The molecule has 1 atom stereocenters. The highest BCUT2D eigenvalue weighted by Gasteiger charge is 2.39. The first kappa shape index (κ1) is 16.0. The van der Waals surface area contributed by atoms with E-state index in [1.165, 1.54) is 4.90 Å². The molecule has 0 bridgehead atoms. The number of methoxy groups -OCH3 is 1. The molecule has 2 aliphatic heterocycles. The van der Waals surface area contributed by atoms with Crippen molar-refractivity contribution in [3.05, 3.63) is 29.3 Å². The average molecular weight is 304 g/mol. The van der Waals surface area contributed by atoms with Crippen molar-refractivity contribution in [2.24, 2.45) is 0 Å². The molecule has 3 amide bonds. The lowest BCUT2D eigenvalue weighted by Gasteiger charge is -2.29. The fraction of sp³-hybridized carbons (Fsp3) is 0.438. The molecule has 6 heteroatoms. The lowest BCUT2D eigenvalue weighted by atomic mass is 10.0. The summed E-state index contributed by atoms with van der Waals surface area (Å²) in [5.74, 6) is -0.248. The van der Waals surface area contributed by atoms with Crippen LogP contribution in [0.4, 0.5) is 0 Å². The van der Waals surface area contributed by atoms with Gasteiger partial charge in [0.1, 0.15) is 11.8 Å². The summed E-state index contributed by atoms with van der Waals surface area (Å²) in [5, 5.41) is 2.28. The highest BCUT2D eigenvalue weighted by Crippen LogP contribution is 2.29. The Bertz CT molecular complexity index is 612. The largest absolute Gasteiger partial charge is 0.497 e. The lowest BCUT2D eigenvalue weighted by Crippen LogP contribution is -2.52. The average Bonchev–Trinajstić information content (AvgIpc) is 2.86. The number of nitrogens with zero attached hydrogens (tertiary/aromatic N) is 1. The van der Waals surface area contributed by atoms with Gasteiger partial charge in [-0.3, -0.25) is 19.7 Å².